The maximum absolute atomic E-state index is 12.4. The molecule has 0 fully saturated rings. The third-order valence-electron chi connectivity index (χ3n) is 2.95. The molecule has 0 aliphatic heterocycles. The number of likely N-dealkylation sites (N-methyl/N-ethyl adjacent to an activating group) is 1. The molecular weight excluding hydrogens is 323 g/mol. The van der Waals surface area contributed by atoms with Crippen LogP contribution in [0.1, 0.15) is 6.42 Å². The molecule has 0 aliphatic rings. The number of nitrogens with zero attached hydrogens (tertiary/aromatic N) is 2. The van der Waals surface area contributed by atoms with Crippen molar-refractivity contribution in [1.82, 2.24) is 4.31 Å². The molecule has 0 bridgehead atoms. The van der Waals surface area contributed by atoms with Gasteiger partial charge in [0, 0.05) is 26.8 Å². The van der Waals surface area contributed by atoms with Crippen molar-refractivity contribution in [2.75, 3.05) is 20.7 Å². The molecule has 0 amide bonds. The molecule has 0 heterocycles. The first-order valence-corrected chi connectivity index (χ1v) is 7.58. The van der Waals surface area contributed by atoms with Gasteiger partial charge in [0.1, 0.15) is 0 Å². The van der Waals surface area contributed by atoms with Crippen LogP contribution in [-0.2, 0) is 19.6 Å². The average Bonchev–Trinajstić information content (AvgIpc) is 2.45. The number of benzene rings is 1. The number of para-hydroxylation sites is 1. The van der Waals surface area contributed by atoms with Crippen molar-refractivity contribution in [3.8, 4) is 0 Å². The summed E-state index contributed by atoms with van der Waals surface area (Å²) in [7, 11) is -1.67. The number of hydrogen-bond donors (Lipinski definition) is 1. The summed E-state index contributed by atoms with van der Waals surface area (Å²) in [6.07, 6.45) is -1.24. The third kappa shape index (κ3) is 5.60. The topological polar surface area (TPSA) is 127 Å². The fraction of sp³-hybridized carbons (Fsp3) is 0.417. The van der Waals surface area contributed by atoms with Gasteiger partial charge in [0.25, 0.3) is 5.69 Å². The molecule has 1 atom stereocenters. The van der Waals surface area contributed by atoms with Crippen molar-refractivity contribution in [2.45, 2.75) is 17.4 Å². The van der Waals surface area contributed by atoms with Crippen LogP contribution in [0.3, 0.4) is 0 Å². The van der Waals surface area contributed by atoms with Crippen molar-refractivity contribution >= 4 is 40.5 Å². The molecule has 0 aliphatic carbocycles. The number of sulfonamides is 1. The van der Waals surface area contributed by atoms with Crippen LogP contribution < -0.4 is 0 Å². The van der Waals surface area contributed by atoms with Gasteiger partial charge in [-0.05, 0) is 6.07 Å². The average molecular weight is 340 g/mol. The van der Waals surface area contributed by atoms with E-state index in [1.807, 2.05) is 0 Å². The van der Waals surface area contributed by atoms with Crippen molar-refractivity contribution in [2.24, 2.45) is 0 Å². The molecule has 1 rings (SSSR count). The van der Waals surface area contributed by atoms with Crippen LogP contribution in [-0.4, -0.2) is 74.4 Å². The molecule has 1 aromatic rings. The Kier molecular flexibility index (Phi) is 8.44. The molecule has 0 radical (unpaired) electrons. The minimum atomic E-state index is -4.14. The van der Waals surface area contributed by atoms with E-state index in [1.54, 1.807) is 0 Å². The van der Waals surface area contributed by atoms with Gasteiger partial charge in [-0.3, -0.25) is 14.9 Å². The molecule has 1 aromatic carbocycles. The fourth-order valence-electron chi connectivity index (χ4n) is 1.80. The maximum atomic E-state index is 12.4. The molecule has 9 nitrogen and oxygen atoms in total. The standard InChI is InChI=1S/C12H16N2O7S.Li.H/c1-13(8-9(21-2)7-12(15)16)22(19,20)11-6-4-3-5-10(11)14(17)18;;/h3-6,9H,7-8H2,1-2H3,(H,15,16);;. The van der Waals surface area contributed by atoms with Crippen molar-refractivity contribution in [1.29, 1.82) is 0 Å². The Morgan fingerprint density at radius 2 is 2.00 bits per heavy atom. The van der Waals surface area contributed by atoms with E-state index in [1.165, 1.54) is 26.3 Å². The number of rotatable bonds is 8. The molecule has 0 aromatic heterocycles. The number of carboxylic acid groups (broad SMARTS) is 1. The zero-order valence-electron chi connectivity index (χ0n) is 12.0. The van der Waals surface area contributed by atoms with E-state index in [-0.39, 0.29) is 31.8 Å². The molecular formula is C12H17LiN2O7S. The van der Waals surface area contributed by atoms with E-state index >= 15 is 0 Å². The molecule has 0 saturated heterocycles. The van der Waals surface area contributed by atoms with E-state index in [9.17, 15) is 23.3 Å². The van der Waals surface area contributed by atoms with Gasteiger partial charge in [-0.2, -0.15) is 4.31 Å². The zero-order valence-corrected chi connectivity index (χ0v) is 12.8. The van der Waals surface area contributed by atoms with Crippen LogP contribution in [0.5, 0.6) is 0 Å². The SMILES string of the molecule is COC(CC(=O)O)CN(C)S(=O)(=O)c1ccccc1[N+](=O)[O-].[LiH]. The van der Waals surface area contributed by atoms with Gasteiger partial charge >= 0.3 is 24.8 Å². The second kappa shape index (κ2) is 9.00. The molecule has 1 N–H and O–H groups in total. The Morgan fingerprint density at radius 1 is 1.43 bits per heavy atom. The first-order valence-electron chi connectivity index (χ1n) is 6.14. The summed E-state index contributed by atoms with van der Waals surface area (Å²) >= 11 is 0. The summed E-state index contributed by atoms with van der Waals surface area (Å²) in [5.74, 6) is -1.14. The van der Waals surface area contributed by atoms with Gasteiger partial charge in [-0.15, -0.1) is 0 Å². The Hall–Kier alpha value is -1.44. The Labute approximate surface area is 145 Å². The number of ether oxygens (including phenoxy) is 1. The molecule has 11 heteroatoms. The normalized spacial score (nSPS) is 12.5. The zero-order chi connectivity index (χ0) is 16.9. The summed E-state index contributed by atoms with van der Waals surface area (Å²) in [6.45, 7) is -0.239. The van der Waals surface area contributed by atoms with Gasteiger partial charge < -0.3 is 9.84 Å². The predicted octanol–water partition coefficient (Wildman–Crippen LogP) is 0.0565. The van der Waals surface area contributed by atoms with Gasteiger partial charge in [-0.25, -0.2) is 8.42 Å². The van der Waals surface area contributed by atoms with Crippen LogP contribution in [0.2, 0.25) is 0 Å². The summed E-state index contributed by atoms with van der Waals surface area (Å²) in [4.78, 5) is 20.4. The Balaban J connectivity index is 0.00000484. The minimum absolute atomic E-state index is 0. The van der Waals surface area contributed by atoms with E-state index in [2.05, 4.69) is 0 Å². The number of aliphatic carboxylic acids is 1. The Bertz CT molecular complexity index is 665. The first-order chi connectivity index (χ1) is 10.2. The molecule has 0 saturated carbocycles. The number of hydrogen-bond acceptors (Lipinski definition) is 6. The van der Waals surface area contributed by atoms with Crippen LogP contribution in [0.25, 0.3) is 0 Å². The fourth-order valence-corrected chi connectivity index (χ4v) is 3.15. The van der Waals surface area contributed by atoms with Crippen molar-refractivity contribution in [3.05, 3.63) is 34.4 Å². The number of methoxy groups -OCH3 is 1. The van der Waals surface area contributed by atoms with E-state index in [0.29, 0.717) is 0 Å². The quantitative estimate of drug-likeness (QED) is 0.402. The molecule has 0 spiro atoms. The number of nitro benzene ring substituents is 1. The van der Waals surface area contributed by atoms with Crippen molar-refractivity contribution in [3.63, 3.8) is 0 Å². The third-order valence-corrected chi connectivity index (χ3v) is 4.82. The number of carbonyl (C=O) groups is 1. The van der Waals surface area contributed by atoms with E-state index < -0.39 is 37.6 Å². The van der Waals surface area contributed by atoms with Gasteiger partial charge in [0.15, 0.2) is 4.90 Å². The van der Waals surface area contributed by atoms with E-state index in [0.717, 1.165) is 16.4 Å². The molecule has 23 heavy (non-hydrogen) atoms. The van der Waals surface area contributed by atoms with Crippen LogP contribution >= 0.6 is 0 Å². The van der Waals surface area contributed by atoms with Gasteiger partial charge in [0.05, 0.1) is 17.4 Å². The van der Waals surface area contributed by atoms with Crippen LogP contribution in [0.15, 0.2) is 29.2 Å². The number of carboxylic acids is 1. The first kappa shape index (κ1) is 21.6. The van der Waals surface area contributed by atoms with E-state index in [4.69, 9.17) is 9.84 Å². The molecule has 1 unspecified atom stereocenters. The second-order valence-corrected chi connectivity index (χ2v) is 6.48. The van der Waals surface area contributed by atoms with Crippen LogP contribution in [0, 0.1) is 10.1 Å². The summed E-state index contributed by atoms with van der Waals surface area (Å²) < 4.78 is 30.6. The second-order valence-electron chi connectivity index (χ2n) is 4.47. The predicted molar refractivity (Wildman–Crippen MR) is 83.1 cm³/mol. The Morgan fingerprint density at radius 3 is 2.48 bits per heavy atom. The van der Waals surface area contributed by atoms with Gasteiger partial charge in [-0.1, -0.05) is 12.1 Å². The van der Waals surface area contributed by atoms with Crippen molar-refractivity contribution < 1.29 is 28.0 Å². The summed E-state index contributed by atoms with van der Waals surface area (Å²) in [5.41, 5.74) is -0.540. The number of nitro groups is 1. The summed E-state index contributed by atoms with van der Waals surface area (Å²) in [6, 6.07) is 4.95. The van der Waals surface area contributed by atoms with Gasteiger partial charge in [0.2, 0.25) is 10.0 Å². The van der Waals surface area contributed by atoms with Crippen LogP contribution in [0.4, 0.5) is 5.69 Å². The summed E-state index contributed by atoms with van der Waals surface area (Å²) in [5, 5.41) is 19.7. The monoisotopic (exact) mass is 340 g/mol. The molecule has 124 valence electrons.